The van der Waals surface area contributed by atoms with Crippen molar-refractivity contribution >= 4 is 5.96 Å². The Balaban J connectivity index is 1.93. The number of hydrogen-bond donors (Lipinski definition) is 2. The number of aryl methyl sites for hydroxylation is 1. The Hall–Kier alpha value is -2.30. The maximum atomic E-state index is 4.66. The Morgan fingerprint density at radius 1 is 1.17 bits per heavy atom. The van der Waals surface area contributed by atoms with E-state index in [0.717, 1.165) is 31.2 Å². The third-order valence-electron chi connectivity index (χ3n) is 3.93. The first-order valence-corrected chi connectivity index (χ1v) is 8.53. The highest BCUT2D eigenvalue weighted by Gasteiger charge is 2.19. The van der Waals surface area contributed by atoms with E-state index in [1.54, 1.807) is 6.20 Å². The van der Waals surface area contributed by atoms with Crippen molar-refractivity contribution in [3.05, 3.63) is 53.9 Å². The molecule has 5 nitrogen and oxygen atoms in total. The topological polar surface area (TPSA) is 54.2 Å². The van der Waals surface area contributed by atoms with Gasteiger partial charge in [-0.25, -0.2) is 4.99 Å². The van der Waals surface area contributed by atoms with E-state index >= 15 is 0 Å². The summed E-state index contributed by atoms with van der Waals surface area (Å²) in [5.74, 6) is 0.847. The van der Waals surface area contributed by atoms with E-state index in [1.165, 1.54) is 5.56 Å². The number of rotatable bonds is 7. The Morgan fingerprint density at radius 3 is 2.54 bits per heavy atom. The lowest BCUT2D eigenvalue weighted by molar-refractivity contribution is 0.359. The van der Waals surface area contributed by atoms with Crippen LogP contribution in [0.15, 0.2) is 47.6 Å². The summed E-state index contributed by atoms with van der Waals surface area (Å²) < 4.78 is 1.85. The van der Waals surface area contributed by atoms with Crippen LogP contribution in [0, 0.1) is 5.41 Å². The van der Waals surface area contributed by atoms with Crippen LogP contribution in [0.3, 0.4) is 0 Å². The summed E-state index contributed by atoms with van der Waals surface area (Å²) >= 11 is 0. The van der Waals surface area contributed by atoms with Crippen LogP contribution in [-0.4, -0.2) is 28.8 Å². The summed E-state index contributed by atoms with van der Waals surface area (Å²) in [4.78, 5) is 4.66. The molecule has 0 saturated heterocycles. The summed E-state index contributed by atoms with van der Waals surface area (Å²) in [5, 5.41) is 11.0. The number of aromatic nitrogens is 2. The molecule has 1 heterocycles. The van der Waals surface area contributed by atoms with Gasteiger partial charge < -0.3 is 10.6 Å². The average molecular weight is 327 g/mol. The molecule has 130 valence electrons. The first-order chi connectivity index (χ1) is 11.5. The second kappa shape index (κ2) is 8.52. The first kappa shape index (κ1) is 18.0. The largest absolute Gasteiger partial charge is 0.357 e. The molecule has 2 N–H and O–H groups in total. The zero-order valence-corrected chi connectivity index (χ0v) is 15.2. The quantitative estimate of drug-likeness (QED) is 0.607. The van der Waals surface area contributed by atoms with Gasteiger partial charge in [0.25, 0.3) is 0 Å². The zero-order valence-electron chi connectivity index (χ0n) is 15.2. The molecule has 0 unspecified atom stereocenters. The third kappa shape index (κ3) is 5.72. The van der Waals surface area contributed by atoms with E-state index in [9.17, 15) is 0 Å². The molecule has 2 rings (SSSR count). The molecule has 24 heavy (non-hydrogen) atoms. The second-order valence-corrected chi connectivity index (χ2v) is 6.82. The number of benzene rings is 1. The van der Waals surface area contributed by atoms with Crippen LogP contribution in [0.2, 0.25) is 0 Å². The number of guanidine groups is 1. The molecule has 0 saturated carbocycles. The lowest BCUT2D eigenvalue weighted by Gasteiger charge is -2.26. The number of nitrogens with zero attached hydrogens (tertiary/aromatic N) is 3. The molecule has 0 spiro atoms. The number of hydrogen-bond acceptors (Lipinski definition) is 2. The van der Waals surface area contributed by atoms with Gasteiger partial charge in [0.1, 0.15) is 0 Å². The van der Waals surface area contributed by atoms with Crippen molar-refractivity contribution < 1.29 is 0 Å². The molecule has 5 heteroatoms. The predicted octanol–water partition coefficient (Wildman–Crippen LogP) is 2.74. The molecular weight excluding hydrogens is 298 g/mol. The monoisotopic (exact) mass is 327 g/mol. The number of aliphatic imine (C=N–C) groups is 1. The summed E-state index contributed by atoms with van der Waals surface area (Å²) in [5.41, 5.74) is 2.60. The van der Waals surface area contributed by atoms with Crippen LogP contribution in [0.5, 0.6) is 0 Å². The van der Waals surface area contributed by atoms with Crippen LogP contribution in [0.1, 0.15) is 32.0 Å². The summed E-state index contributed by atoms with van der Waals surface area (Å²) in [6.45, 7) is 8.95. The van der Waals surface area contributed by atoms with Gasteiger partial charge in [0.15, 0.2) is 5.96 Å². The van der Waals surface area contributed by atoms with E-state index in [2.05, 4.69) is 71.8 Å². The van der Waals surface area contributed by atoms with Gasteiger partial charge in [-0.05, 0) is 30.4 Å². The van der Waals surface area contributed by atoms with Crippen molar-refractivity contribution in [3.8, 4) is 0 Å². The van der Waals surface area contributed by atoms with E-state index in [-0.39, 0.29) is 5.41 Å². The fraction of sp³-hybridized carbons (Fsp3) is 0.474. The van der Waals surface area contributed by atoms with E-state index < -0.39 is 0 Å². The molecule has 2 aromatic rings. The maximum absolute atomic E-state index is 4.66. The van der Waals surface area contributed by atoms with Gasteiger partial charge in [-0.1, -0.05) is 44.2 Å². The fourth-order valence-corrected chi connectivity index (χ4v) is 2.59. The van der Waals surface area contributed by atoms with Crippen molar-refractivity contribution in [2.75, 3.05) is 13.1 Å². The highest BCUT2D eigenvalue weighted by Crippen LogP contribution is 2.20. The lowest BCUT2D eigenvalue weighted by Crippen LogP contribution is -2.42. The normalized spacial score (nSPS) is 12.2. The minimum atomic E-state index is 0.143. The Bertz CT molecular complexity index is 643. The molecule has 0 aliphatic heterocycles. The molecule has 1 aromatic carbocycles. The second-order valence-electron chi connectivity index (χ2n) is 6.82. The average Bonchev–Trinajstić information content (AvgIpc) is 2.96. The molecule has 0 bridgehead atoms. The minimum absolute atomic E-state index is 0.143. The van der Waals surface area contributed by atoms with Crippen LogP contribution in [0.4, 0.5) is 0 Å². The summed E-state index contributed by atoms with van der Waals surface area (Å²) in [6, 6.07) is 12.6. The van der Waals surface area contributed by atoms with Gasteiger partial charge >= 0.3 is 0 Å². The Kier molecular flexibility index (Phi) is 6.41. The van der Waals surface area contributed by atoms with Gasteiger partial charge in [-0.3, -0.25) is 4.68 Å². The number of nitrogens with one attached hydrogen (secondary N) is 2. The predicted molar refractivity (Wildman–Crippen MR) is 100.0 cm³/mol. The molecule has 0 aliphatic rings. The molecule has 0 aliphatic carbocycles. The maximum Gasteiger partial charge on any atom is 0.191 e. The van der Waals surface area contributed by atoms with Gasteiger partial charge in [0.05, 0.1) is 12.2 Å². The smallest absolute Gasteiger partial charge is 0.191 e. The third-order valence-corrected chi connectivity index (χ3v) is 3.93. The zero-order chi connectivity index (χ0) is 17.4. The van der Waals surface area contributed by atoms with Gasteiger partial charge in [-0.2, -0.15) is 5.10 Å². The van der Waals surface area contributed by atoms with E-state index in [1.807, 2.05) is 17.8 Å². The summed E-state index contributed by atoms with van der Waals surface area (Å²) in [7, 11) is 1.94. The Morgan fingerprint density at radius 2 is 1.92 bits per heavy atom. The first-order valence-electron chi connectivity index (χ1n) is 8.53. The Labute approximate surface area is 145 Å². The highest BCUT2D eigenvalue weighted by atomic mass is 15.3. The van der Waals surface area contributed by atoms with Crippen molar-refractivity contribution in [1.82, 2.24) is 20.4 Å². The molecular formula is C19H29N5. The minimum Gasteiger partial charge on any atom is -0.357 e. The molecule has 0 atom stereocenters. The van der Waals surface area contributed by atoms with Gasteiger partial charge in [0.2, 0.25) is 0 Å². The standard InChI is InChI=1S/C19H29N5/c1-5-20-18(21-14-17-11-12-23-24(17)4)22-15-19(2,3)13-16-9-7-6-8-10-16/h6-12H,5,13-15H2,1-4H3,(H2,20,21,22). The van der Waals surface area contributed by atoms with E-state index in [4.69, 9.17) is 0 Å². The van der Waals surface area contributed by atoms with Crippen molar-refractivity contribution in [3.63, 3.8) is 0 Å². The van der Waals surface area contributed by atoms with Crippen LogP contribution in [0.25, 0.3) is 0 Å². The van der Waals surface area contributed by atoms with Gasteiger partial charge in [-0.15, -0.1) is 0 Å². The van der Waals surface area contributed by atoms with E-state index in [0.29, 0.717) is 6.54 Å². The van der Waals surface area contributed by atoms with Crippen LogP contribution < -0.4 is 10.6 Å². The van der Waals surface area contributed by atoms with Crippen molar-refractivity contribution in [1.29, 1.82) is 0 Å². The van der Waals surface area contributed by atoms with Crippen molar-refractivity contribution in [2.45, 2.75) is 33.7 Å². The molecule has 0 fully saturated rings. The molecule has 0 radical (unpaired) electrons. The van der Waals surface area contributed by atoms with Gasteiger partial charge in [0, 0.05) is 26.3 Å². The molecule has 1 aromatic heterocycles. The highest BCUT2D eigenvalue weighted by molar-refractivity contribution is 5.79. The SMILES string of the molecule is CCNC(=NCc1ccnn1C)NCC(C)(C)Cc1ccccc1. The van der Waals surface area contributed by atoms with Crippen LogP contribution in [-0.2, 0) is 20.0 Å². The lowest BCUT2D eigenvalue weighted by atomic mass is 9.86. The van der Waals surface area contributed by atoms with Crippen molar-refractivity contribution in [2.24, 2.45) is 17.5 Å². The molecule has 0 amide bonds. The fourth-order valence-electron chi connectivity index (χ4n) is 2.59. The van der Waals surface area contributed by atoms with Crippen LogP contribution >= 0.6 is 0 Å². The summed E-state index contributed by atoms with van der Waals surface area (Å²) in [6.07, 6.45) is 2.83.